The van der Waals surface area contributed by atoms with E-state index in [9.17, 15) is 13.2 Å². The van der Waals surface area contributed by atoms with Crippen LogP contribution in [0.5, 0.6) is 0 Å². The Morgan fingerprint density at radius 2 is 2.09 bits per heavy atom. The van der Waals surface area contributed by atoms with Crippen LogP contribution in [0.15, 0.2) is 35.2 Å². The fraction of sp³-hybridized carbons (Fsp3) is 0.533. The fourth-order valence-electron chi connectivity index (χ4n) is 2.51. The Labute approximate surface area is 136 Å². The van der Waals surface area contributed by atoms with Crippen LogP contribution in [0.4, 0.5) is 0 Å². The van der Waals surface area contributed by atoms with Crippen LogP contribution in [-0.4, -0.2) is 49.8 Å². The van der Waals surface area contributed by atoms with Crippen molar-refractivity contribution in [3.63, 3.8) is 0 Å². The molecule has 0 aliphatic carbocycles. The summed E-state index contributed by atoms with van der Waals surface area (Å²) in [6.07, 6.45) is 3.37. The third-order valence-corrected chi connectivity index (χ3v) is 5.95. The lowest BCUT2D eigenvalue weighted by Gasteiger charge is -2.21. The van der Waals surface area contributed by atoms with Gasteiger partial charge in [0.05, 0.1) is 6.26 Å². The number of benzene rings is 1. The predicted molar refractivity (Wildman–Crippen MR) is 89.4 cm³/mol. The number of thioether (sulfide) groups is 1. The van der Waals surface area contributed by atoms with Gasteiger partial charge in [-0.05, 0) is 37.1 Å². The molecule has 1 fully saturated rings. The molecule has 1 saturated heterocycles. The molecule has 122 valence electrons. The number of nitrogens with zero attached hydrogens (tertiary/aromatic N) is 1. The Morgan fingerprint density at radius 1 is 1.36 bits per heavy atom. The van der Waals surface area contributed by atoms with Crippen LogP contribution < -0.4 is 5.32 Å². The van der Waals surface area contributed by atoms with Gasteiger partial charge in [-0.1, -0.05) is 18.2 Å². The summed E-state index contributed by atoms with van der Waals surface area (Å²) in [6, 6.07) is 9.59. The largest absolute Gasteiger partial charge is 0.355 e. The summed E-state index contributed by atoms with van der Waals surface area (Å²) in [5.41, 5.74) is 0. The van der Waals surface area contributed by atoms with E-state index in [0.717, 1.165) is 24.9 Å². The summed E-state index contributed by atoms with van der Waals surface area (Å²) in [4.78, 5) is 13.3. The van der Waals surface area contributed by atoms with Crippen molar-refractivity contribution in [2.75, 3.05) is 25.1 Å². The van der Waals surface area contributed by atoms with Crippen LogP contribution in [0, 0.1) is 0 Å². The molecule has 1 amide bonds. The smallest absolute Gasteiger partial charge is 0.238 e. The van der Waals surface area contributed by atoms with Crippen molar-refractivity contribution in [2.45, 2.75) is 30.2 Å². The summed E-state index contributed by atoms with van der Waals surface area (Å²) >= 11 is 1.75. The first-order valence-electron chi connectivity index (χ1n) is 7.41. The second-order valence-electron chi connectivity index (χ2n) is 5.34. The van der Waals surface area contributed by atoms with Gasteiger partial charge in [-0.3, -0.25) is 4.79 Å². The van der Waals surface area contributed by atoms with Gasteiger partial charge in [0.1, 0.15) is 6.04 Å². The fourth-order valence-corrected chi connectivity index (χ4v) is 4.51. The molecule has 0 saturated carbocycles. The first-order chi connectivity index (χ1) is 10.5. The third kappa shape index (κ3) is 5.00. The van der Waals surface area contributed by atoms with E-state index in [1.54, 1.807) is 11.8 Å². The zero-order valence-corrected chi connectivity index (χ0v) is 14.3. The molecule has 1 aliphatic rings. The molecule has 5 nitrogen and oxygen atoms in total. The standard InChI is InChI=1S/C15H22N2O3S2/c1-22(19,20)17-11-5-9-14(17)15(18)16-10-6-12-21-13-7-3-2-4-8-13/h2-4,7-8,14H,5-6,9-12H2,1H3,(H,16,18). The van der Waals surface area contributed by atoms with Gasteiger partial charge in [-0.15, -0.1) is 11.8 Å². The number of nitrogens with one attached hydrogen (secondary N) is 1. The molecule has 0 radical (unpaired) electrons. The number of sulfonamides is 1. The van der Waals surface area contributed by atoms with E-state index in [1.165, 1.54) is 9.20 Å². The molecule has 1 unspecified atom stereocenters. The highest BCUT2D eigenvalue weighted by atomic mass is 32.2. The molecular weight excluding hydrogens is 320 g/mol. The maximum Gasteiger partial charge on any atom is 0.238 e. The van der Waals surface area contributed by atoms with Crippen molar-refractivity contribution in [2.24, 2.45) is 0 Å². The summed E-state index contributed by atoms with van der Waals surface area (Å²) in [6.45, 7) is 1.02. The Balaban J connectivity index is 1.69. The van der Waals surface area contributed by atoms with Crippen molar-refractivity contribution in [3.8, 4) is 0 Å². The molecule has 1 atom stereocenters. The topological polar surface area (TPSA) is 66.5 Å². The van der Waals surface area contributed by atoms with Gasteiger partial charge >= 0.3 is 0 Å². The first kappa shape index (κ1) is 17.3. The first-order valence-corrected chi connectivity index (χ1v) is 10.2. The number of hydrogen-bond acceptors (Lipinski definition) is 4. The normalized spacial score (nSPS) is 19.2. The van der Waals surface area contributed by atoms with Crippen LogP contribution in [0.1, 0.15) is 19.3 Å². The van der Waals surface area contributed by atoms with Crippen molar-refractivity contribution >= 4 is 27.7 Å². The maximum atomic E-state index is 12.1. The van der Waals surface area contributed by atoms with E-state index in [-0.39, 0.29) is 5.91 Å². The second-order valence-corrected chi connectivity index (χ2v) is 8.44. The van der Waals surface area contributed by atoms with Crippen molar-refractivity contribution in [3.05, 3.63) is 30.3 Å². The lowest BCUT2D eigenvalue weighted by molar-refractivity contribution is -0.124. The summed E-state index contributed by atoms with van der Waals surface area (Å²) < 4.78 is 24.6. The van der Waals surface area contributed by atoms with Gasteiger partial charge in [0.15, 0.2) is 0 Å². The molecular formula is C15H22N2O3S2. The van der Waals surface area contributed by atoms with Gasteiger partial charge in [0.2, 0.25) is 15.9 Å². The minimum Gasteiger partial charge on any atom is -0.355 e. The average Bonchev–Trinajstić information content (AvgIpc) is 2.97. The van der Waals surface area contributed by atoms with Crippen LogP contribution >= 0.6 is 11.8 Å². The van der Waals surface area contributed by atoms with Crippen molar-refractivity contribution in [1.29, 1.82) is 0 Å². The molecule has 22 heavy (non-hydrogen) atoms. The molecule has 7 heteroatoms. The lowest BCUT2D eigenvalue weighted by Crippen LogP contribution is -2.45. The van der Waals surface area contributed by atoms with Gasteiger partial charge in [0.25, 0.3) is 0 Å². The van der Waals surface area contributed by atoms with Crippen molar-refractivity contribution < 1.29 is 13.2 Å². The van der Waals surface area contributed by atoms with E-state index in [4.69, 9.17) is 0 Å². The highest BCUT2D eigenvalue weighted by molar-refractivity contribution is 7.99. The molecule has 1 heterocycles. The average molecular weight is 342 g/mol. The van der Waals surface area contributed by atoms with Crippen LogP contribution in [0.2, 0.25) is 0 Å². The molecule has 2 rings (SSSR count). The SMILES string of the molecule is CS(=O)(=O)N1CCCC1C(=O)NCCCSc1ccccc1. The number of carbonyl (C=O) groups excluding carboxylic acids is 1. The van der Waals surface area contributed by atoms with Gasteiger partial charge < -0.3 is 5.32 Å². The second kappa shape index (κ2) is 7.99. The number of rotatable bonds is 7. The van der Waals surface area contributed by atoms with E-state index >= 15 is 0 Å². The van der Waals surface area contributed by atoms with Crippen LogP contribution in [0.3, 0.4) is 0 Å². The quantitative estimate of drug-likeness (QED) is 0.605. The molecule has 0 spiro atoms. The molecule has 0 bridgehead atoms. The molecule has 1 aromatic rings. The Morgan fingerprint density at radius 3 is 2.77 bits per heavy atom. The maximum absolute atomic E-state index is 12.1. The highest BCUT2D eigenvalue weighted by Gasteiger charge is 2.36. The Kier molecular flexibility index (Phi) is 6.28. The molecule has 1 N–H and O–H groups in total. The predicted octanol–water partition coefficient (Wildman–Crippen LogP) is 1.71. The Bertz CT molecular complexity index is 590. The van der Waals surface area contributed by atoms with Gasteiger partial charge in [-0.25, -0.2) is 8.42 Å². The van der Waals surface area contributed by atoms with Crippen LogP contribution in [0.25, 0.3) is 0 Å². The van der Waals surface area contributed by atoms with E-state index in [1.807, 2.05) is 18.2 Å². The van der Waals surface area contributed by atoms with Crippen LogP contribution in [-0.2, 0) is 14.8 Å². The monoisotopic (exact) mass is 342 g/mol. The summed E-state index contributed by atoms with van der Waals surface area (Å²) in [5.74, 6) is 0.748. The van der Waals surface area contributed by atoms with Crippen molar-refractivity contribution in [1.82, 2.24) is 9.62 Å². The van der Waals surface area contributed by atoms with E-state index in [0.29, 0.717) is 19.5 Å². The minimum atomic E-state index is -3.30. The Hall–Kier alpha value is -1.05. The molecule has 0 aromatic heterocycles. The zero-order chi connectivity index (χ0) is 16.0. The summed E-state index contributed by atoms with van der Waals surface area (Å²) in [7, 11) is -3.30. The molecule has 1 aromatic carbocycles. The van der Waals surface area contributed by atoms with E-state index in [2.05, 4.69) is 17.4 Å². The number of carbonyl (C=O) groups is 1. The van der Waals surface area contributed by atoms with E-state index < -0.39 is 16.1 Å². The number of hydrogen-bond donors (Lipinski definition) is 1. The minimum absolute atomic E-state index is 0.173. The summed E-state index contributed by atoms with van der Waals surface area (Å²) in [5, 5.41) is 2.85. The third-order valence-electron chi connectivity index (χ3n) is 3.56. The lowest BCUT2D eigenvalue weighted by atomic mass is 10.2. The zero-order valence-electron chi connectivity index (χ0n) is 12.7. The van der Waals surface area contributed by atoms with Gasteiger partial charge in [0, 0.05) is 18.0 Å². The number of amides is 1. The van der Waals surface area contributed by atoms with Gasteiger partial charge in [-0.2, -0.15) is 4.31 Å². The molecule has 1 aliphatic heterocycles. The highest BCUT2D eigenvalue weighted by Crippen LogP contribution is 2.20.